The average molecular weight is 462 g/mol. The van der Waals surface area contributed by atoms with E-state index in [4.69, 9.17) is 18.9 Å². The molecule has 3 rings (SSSR count). The van der Waals surface area contributed by atoms with E-state index >= 15 is 0 Å². The van der Waals surface area contributed by atoms with Crippen LogP contribution in [0.4, 0.5) is 4.79 Å². The van der Waals surface area contributed by atoms with Crippen molar-refractivity contribution in [3.8, 4) is 11.5 Å². The minimum atomic E-state index is -0.744. The second-order valence-corrected chi connectivity index (χ2v) is 7.86. The predicted molar refractivity (Wildman–Crippen MR) is 119 cm³/mol. The molecule has 2 N–H and O–H groups in total. The fourth-order valence-electron chi connectivity index (χ4n) is 4.25. The van der Waals surface area contributed by atoms with Gasteiger partial charge >= 0.3 is 18.0 Å². The van der Waals surface area contributed by atoms with Crippen LogP contribution >= 0.6 is 0 Å². The summed E-state index contributed by atoms with van der Waals surface area (Å²) in [5, 5.41) is 5.56. The largest absolute Gasteiger partial charge is 0.493 e. The lowest BCUT2D eigenvalue weighted by Crippen LogP contribution is -2.49. The third-order valence-electron chi connectivity index (χ3n) is 5.81. The Kier molecular flexibility index (Phi) is 8.16. The number of carbonyl (C=O) groups is 3. The van der Waals surface area contributed by atoms with Crippen LogP contribution in [0.25, 0.3) is 0 Å². The van der Waals surface area contributed by atoms with E-state index in [9.17, 15) is 14.4 Å². The van der Waals surface area contributed by atoms with Gasteiger partial charge in [0.25, 0.3) is 0 Å². The van der Waals surface area contributed by atoms with Gasteiger partial charge in [-0.25, -0.2) is 9.59 Å². The summed E-state index contributed by atoms with van der Waals surface area (Å²) in [4.78, 5) is 39.6. The maximum absolute atomic E-state index is 12.8. The summed E-state index contributed by atoms with van der Waals surface area (Å²) in [5.41, 5.74) is 1.38. The van der Waals surface area contributed by atoms with Crippen molar-refractivity contribution in [2.75, 3.05) is 47.6 Å². The van der Waals surface area contributed by atoms with Crippen LogP contribution in [0.5, 0.6) is 11.5 Å². The van der Waals surface area contributed by atoms with Gasteiger partial charge < -0.3 is 29.6 Å². The summed E-state index contributed by atoms with van der Waals surface area (Å²) < 4.78 is 20.9. The summed E-state index contributed by atoms with van der Waals surface area (Å²) in [6, 6.07) is 4.01. The Balaban J connectivity index is 1.93. The third-order valence-corrected chi connectivity index (χ3v) is 5.81. The van der Waals surface area contributed by atoms with Crippen LogP contribution in [-0.2, 0) is 19.1 Å². The molecule has 1 saturated heterocycles. The predicted octanol–water partition coefficient (Wildman–Crippen LogP) is 1.76. The first-order valence-electron chi connectivity index (χ1n) is 10.9. The lowest BCUT2D eigenvalue weighted by atomic mass is 9.93. The molecule has 1 fully saturated rings. The first kappa shape index (κ1) is 24.4. The van der Waals surface area contributed by atoms with Crippen LogP contribution in [0.1, 0.15) is 31.4 Å². The molecule has 2 amide bonds. The fraction of sp³-hybridized carbons (Fsp3) is 0.522. The van der Waals surface area contributed by atoms with E-state index in [-0.39, 0.29) is 18.4 Å². The van der Waals surface area contributed by atoms with Gasteiger partial charge in [-0.2, -0.15) is 0 Å². The Morgan fingerprint density at radius 2 is 1.91 bits per heavy atom. The molecule has 0 bridgehead atoms. The number of likely N-dealkylation sites (tertiary alicyclic amines) is 1. The van der Waals surface area contributed by atoms with Crippen LogP contribution in [0, 0.1) is 5.92 Å². The van der Waals surface area contributed by atoms with Crippen molar-refractivity contribution >= 4 is 18.0 Å². The molecule has 0 aromatic heterocycles. The molecule has 0 spiro atoms. The fourth-order valence-corrected chi connectivity index (χ4v) is 4.25. The molecule has 1 aromatic carbocycles. The number of hydrogen-bond acceptors (Lipinski definition) is 8. The highest BCUT2D eigenvalue weighted by atomic mass is 16.5. The summed E-state index contributed by atoms with van der Waals surface area (Å²) >= 11 is 0. The van der Waals surface area contributed by atoms with Crippen molar-refractivity contribution in [2.45, 2.75) is 25.8 Å². The van der Waals surface area contributed by atoms with Crippen LogP contribution in [0.15, 0.2) is 29.5 Å². The third kappa shape index (κ3) is 5.57. The van der Waals surface area contributed by atoms with Gasteiger partial charge in [-0.15, -0.1) is 0 Å². The average Bonchev–Trinajstić information content (AvgIpc) is 2.83. The van der Waals surface area contributed by atoms with E-state index in [1.807, 2.05) is 4.90 Å². The van der Waals surface area contributed by atoms with E-state index in [0.29, 0.717) is 41.5 Å². The standard InChI is InChI=1S/C23H31N3O7/c1-5-33-21(27)15-7-6-10-26(12-15)13-16-19(22(28)32-4)20(25-23(29)24-16)14-8-9-17(30-2)18(11-14)31-3/h8-9,11,15,20H,5-7,10,12-13H2,1-4H3,(H2,24,25,29)/t15-,20+/m1/s1. The minimum Gasteiger partial charge on any atom is -0.493 e. The molecule has 2 heterocycles. The molecule has 10 nitrogen and oxygen atoms in total. The van der Waals surface area contributed by atoms with E-state index in [2.05, 4.69) is 10.6 Å². The monoisotopic (exact) mass is 461 g/mol. The van der Waals surface area contributed by atoms with Gasteiger partial charge in [0.15, 0.2) is 11.5 Å². The number of rotatable bonds is 8. The van der Waals surface area contributed by atoms with Crippen LogP contribution in [0.2, 0.25) is 0 Å². The minimum absolute atomic E-state index is 0.220. The first-order valence-corrected chi connectivity index (χ1v) is 10.9. The molecule has 1 aromatic rings. The molecule has 33 heavy (non-hydrogen) atoms. The lowest BCUT2D eigenvalue weighted by Gasteiger charge is -2.35. The quantitative estimate of drug-likeness (QED) is 0.563. The van der Waals surface area contributed by atoms with Gasteiger partial charge in [0.2, 0.25) is 0 Å². The second kappa shape index (κ2) is 11.0. The zero-order valence-corrected chi connectivity index (χ0v) is 19.4. The van der Waals surface area contributed by atoms with Crippen LogP contribution < -0.4 is 20.1 Å². The van der Waals surface area contributed by atoms with Crippen molar-refractivity contribution in [2.24, 2.45) is 5.92 Å². The molecule has 2 aliphatic rings. The number of benzene rings is 1. The van der Waals surface area contributed by atoms with E-state index < -0.39 is 18.0 Å². The maximum atomic E-state index is 12.8. The van der Waals surface area contributed by atoms with Crippen molar-refractivity contribution in [3.63, 3.8) is 0 Å². The number of methoxy groups -OCH3 is 3. The second-order valence-electron chi connectivity index (χ2n) is 7.86. The van der Waals surface area contributed by atoms with Gasteiger partial charge in [0.05, 0.1) is 45.5 Å². The molecule has 10 heteroatoms. The smallest absolute Gasteiger partial charge is 0.338 e. The van der Waals surface area contributed by atoms with Gasteiger partial charge in [-0.1, -0.05) is 6.07 Å². The summed E-state index contributed by atoms with van der Waals surface area (Å²) in [5.74, 6) is -0.0105. The highest BCUT2D eigenvalue weighted by Gasteiger charge is 2.36. The van der Waals surface area contributed by atoms with Gasteiger partial charge in [0.1, 0.15) is 0 Å². The Hall–Kier alpha value is -3.27. The van der Waals surface area contributed by atoms with Crippen molar-refractivity contribution in [3.05, 3.63) is 35.0 Å². The molecule has 180 valence electrons. The van der Waals surface area contributed by atoms with Crippen molar-refractivity contribution < 1.29 is 33.3 Å². The SMILES string of the molecule is CCOC(=O)[C@@H]1CCCN(CC2=C(C(=O)OC)[C@H](c3ccc(OC)c(OC)c3)NC(=O)N2)C1. The number of ether oxygens (including phenoxy) is 4. The number of amides is 2. The van der Waals surface area contributed by atoms with E-state index in [1.165, 1.54) is 21.3 Å². The van der Waals surface area contributed by atoms with Gasteiger partial charge in [0, 0.05) is 18.8 Å². The summed E-state index contributed by atoms with van der Waals surface area (Å²) in [6.45, 7) is 3.63. The molecule has 0 saturated carbocycles. The number of carbonyl (C=O) groups excluding carboxylic acids is 3. The van der Waals surface area contributed by atoms with Crippen molar-refractivity contribution in [1.82, 2.24) is 15.5 Å². The number of urea groups is 1. The normalized spacial score (nSPS) is 21.0. The Bertz CT molecular complexity index is 931. The van der Waals surface area contributed by atoms with Gasteiger partial charge in [-0.05, 0) is 44.0 Å². The van der Waals surface area contributed by atoms with Crippen LogP contribution in [-0.4, -0.2) is 70.4 Å². The topological polar surface area (TPSA) is 115 Å². The molecule has 0 unspecified atom stereocenters. The van der Waals surface area contributed by atoms with Crippen molar-refractivity contribution in [1.29, 1.82) is 0 Å². The Morgan fingerprint density at radius 3 is 2.58 bits per heavy atom. The lowest BCUT2D eigenvalue weighted by molar-refractivity contribution is -0.150. The van der Waals surface area contributed by atoms with E-state index in [1.54, 1.807) is 25.1 Å². The molecule has 2 aliphatic heterocycles. The van der Waals surface area contributed by atoms with E-state index in [0.717, 1.165) is 19.4 Å². The zero-order valence-electron chi connectivity index (χ0n) is 19.4. The molecule has 0 radical (unpaired) electrons. The first-order chi connectivity index (χ1) is 15.9. The Morgan fingerprint density at radius 1 is 1.15 bits per heavy atom. The molecular formula is C23H31N3O7. The summed E-state index contributed by atoms with van der Waals surface area (Å²) in [7, 11) is 4.35. The maximum Gasteiger partial charge on any atom is 0.338 e. The summed E-state index contributed by atoms with van der Waals surface area (Å²) in [6.07, 6.45) is 1.57. The Labute approximate surface area is 193 Å². The van der Waals surface area contributed by atoms with Crippen LogP contribution in [0.3, 0.4) is 0 Å². The van der Waals surface area contributed by atoms with Gasteiger partial charge in [-0.3, -0.25) is 9.69 Å². The highest BCUT2D eigenvalue weighted by Crippen LogP contribution is 2.34. The number of nitrogens with one attached hydrogen (secondary N) is 2. The molecule has 2 atom stereocenters. The molecule has 0 aliphatic carbocycles. The number of esters is 2. The number of piperidine rings is 1. The number of nitrogens with zero attached hydrogens (tertiary/aromatic N) is 1. The highest BCUT2D eigenvalue weighted by molar-refractivity contribution is 5.95. The number of hydrogen-bond donors (Lipinski definition) is 2. The molecular weight excluding hydrogens is 430 g/mol. The zero-order chi connectivity index (χ0) is 24.0.